The number of benzene rings is 1. The first kappa shape index (κ1) is 11.4. The molecular formula is C13H17F2N. The van der Waals surface area contributed by atoms with E-state index >= 15 is 0 Å². The summed E-state index contributed by atoms with van der Waals surface area (Å²) >= 11 is 0. The van der Waals surface area contributed by atoms with Gasteiger partial charge in [-0.15, -0.1) is 0 Å². The van der Waals surface area contributed by atoms with Crippen LogP contribution in [0.4, 0.5) is 14.5 Å². The summed E-state index contributed by atoms with van der Waals surface area (Å²) < 4.78 is 26.2. The summed E-state index contributed by atoms with van der Waals surface area (Å²) in [5.41, 5.74) is 2.12. The zero-order valence-corrected chi connectivity index (χ0v) is 9.71. The fourth-order valence-electron chi connectivity index (χ4n) is 2.04. The molecule has 0 atom stereocenters. The van der Waals surface area contributed by atoms with Crippen molar-refractivity contribution in [3.63, 3.8) is 0 Å². The number of halogens is 2. The highest BCUT2D eigenvalue weighted by molar-refractivity contribution is 5.50. The molecule has 1 aromatic carbocycles. The van der Waals surface area contributed by atoms with Crippen molar-refractivity contribution in [3.8, 4) is 0 Å². The van der Waals surface area contributed by atoms with Crippen LogP contribution in [0.1, 0.15) is 31.7 Å². The van der Waals surface area contributed by atoms with E-state index in [0.717, 1.165) is 5.69 Å². The van der Waals surface area contributed by atoms with Gasteiger partial charge in [0.1, 0.15) is 0 Å². The lowest BCUT2D eigenvalue weighted by molar-refractivity contribution is 0.0257. The number of anilines is 1. The quantitative estimate of drug-likeness (QED) is 0.742. The van der Waals surface area contributed by atoms with Gasteiger partial charge in [0, 0.05) is 18.7 Å². The van der Waals surface area contributed by atoms with E-state index in [0.29, 0.717) is 12.5 Å². The zero-order valence-electron chi connectivity index (χ0n) is 9.71. The van der Waals surface area contributed by atoms with Crippen molar-refractivity contribution in [3.05, 3.63) is 29.8 Å². The van der Waals surface area contributed by atoms with Crippen molar-refractivity contribution >= 4 is 5.69 Å². The van der Waals surface area contributed by atoms with Gasteiger partial charge in [-0.3, -0.25) is 0 Å². The molecule has 1 aromatic rings. The fourth-order valence-corrected chi connectivity index (χ4v) is 2.04. The molecule has 1 saturated heterocycles. The molecule has 0 aromatic heterocycles. The smallest absolute Gasteiger partial charge is 0.266 e. The van der Waals surface area contributed by atoms with Crippen LogP contribution in [0.3, 0.4) is 0 Å². The van der Waals surface area contributed by atoms with Crippen LogP contribution >= 0.6 is 0 Å². The highest BCUT2D eigenvalue weighted by Gasteiger charge is 2.38. The second-order valence-corrected chi connectivity index (χ2v) is 4.78. The predicted molar refractivity (Wildman–Crippen MR) is 62.3 cm³/mol. The van der Waals surface area contributed by atoms with E-state index in [1.54, 1.807) is 4.90 Å². The molecule has 0 N–H and O–H groups in total. The Hall–Kier alpha value is -1.12. The maximum absolute atomic E-state index is 13.1. The van der Waals surface area contributed by atoms with Gasteiger partial charge < -0.3 is 4.90 Å². The molecule has 0 aliphatic carbocycles. The first-order chi connectivity index (χ1) is 7.48. The molecule has 1 nitrogen and oxygen atoms in total. The molecule has 16 heavy (non-hydrogen) atoms. The van der Waals surface area contributed by atoms with E-state index in [1.807, 2.05) is 24.3 Å². The molecule has 3 heteroatoms. The zero-order chi connectivity index (χ0) is 11.8. The average Bonchev–Trinajstić information content (AvgIpc) is 2.59. The SMILES string of the molecule is CC(C)c1cccc(N2CCC(F)(F)C2)c1. The Kier molecular flexibility index (Phi) is 2.87. The molecule has 0 saturated carbocycles. The minimum atomic E-state index is -2.52. The third-order valence-corrected chi connectivity index (χ3v) is 3.07. The van der Waals surface area contributed by atoms with Crippen LogP contribution in [-0.4, -0.2) is 19.0 Å². The van der Waals surface area contributed by atoms with Crippen LogP contribution in [0.15, 0.2) is 24.3 Å². The molecule has 0 radical (unpaired) electrons. The molecule has 1 heterocycles. The summed E-state index contributed by atoms with van der Waals surface area (Å²) in [6.45, 7) is 4.53. The van der Waals surface area contributed by atoms with Crippen LogP contribution in [0.5, 0.6) is 0 Å². The monoisotopic (exact) mass is 225 g/mol. The second kappa shape index (κ2) is 4.04. The van der Waals surface area contributed by atoms with Crippen LogP contribution in [0.25, 0.3) is 0 Å². The first-order valence-corrected chi connectivity index (χ1v) is 5.71. The van der Waals surface area contributed by atoms with Gasteiger partial charge in [0.05, 0.1) is 6.54 Å². The molecule has 0 spiro atoms. The van der Waals surface area contributed by atoms with E-state index in [-0.39, 0.29) is 13.0 Å². The topological polar surface area (TPSA) is 3.24 Å². The molecule has 2 rings (SSSR count). The highest BCUT2D eigenvalue weighted by atomic mass is 19.3. The number of hydrogen-bond acceptors (Lipinski definition) is 1. The minimum Gasteiger partial charge on any atom is -0.365 e. The van der Waals surface area contributed by atoms with Gasteiger partial charge in [-0.25, -0.2) is 8.78 Å². The van der Waals surface area contributed by atoms with Crippen LogP contribution in [-0.2, 0) is 0 Å². The number of alkyl halides is 2. The lowest BCUT2D eigenvalue weighted by Crippen LogP contribution is -2.24. The van der Waals surface area contributed by atoms with E-state index in [9.17, 15) is 8.78 Å². The normalized spacial score (nSPS) is 19.4. The van der Waals surface area contributed by atoms with Gasteiger partial charge in [-0.05, 0) is 23.6 Å². The van der Waals surface area contributed by atoms with E-state index < -0.39 is 5.92 Å². The number of nitrogens with zero attached hydrogens (tertiary/aromatic N) is 1. The Labute approximate surface area is 95.1 Å². The molecule has 1 aliphatic heterocycles. The van der Waals surface area contributed by atoms with Crippen molar-refractivity contribution in [1.82, 2.24) is 0 Å². The molecule has 88 valence electrons. The maximum atomic E-state index is 13.1. The summed E-state index contributed by atoms with van der Waals surface area (Å²) in [4.78, 5) is 1.77. The lowest BCUT2D eigenvalue weighted by Gasteiger charge is -2.19. The molecule has 1 fully saturated rings. The van der Waals surface area contributed by atoms with Crippen molar-refractivity contribution in [1.29, 1.82) is 0 Å². The fraction of sp³-hybridized carbons (Fsp3) is 0.538. The van der Waals surface area contributed by atoms with Crippen molar-refractivity contribution in [2.24, 2.45) is 0 Å². The maximum Gasteiger partial charge on any atom is 0.266 e. The van der Waals surface area contributed by atoms with Gasteiger partial charge in [0.25, 0.3) is 5.92 Å². The van der Waals surface area contributed by atoms with Gasteiger partial charge in [-0.1, -0.05) is 26.0 Å². The Morgan fingerprint density at radius 3 is 2.62 bits per heavy atom. The van der Waals surface area contributed by atoms with Gasteiger partial charge in [-0.2, -0.15) is 0 Å². The van der Waals surface area contributed by atoms with Crippen LogP contribution < -0.4 is 4.90 Å². The third kappa shape index (κ3) is 2.34. The van der Waals surface area contributed by atoms with Gasteiger partial charge in [0.15, 0.2) is 0 Å². The minimum absolute atomic E-state index is 0.0289. The third-order valence-electron chi connectivity index (χ3n) is 3.07. The summed E-state index contributed by atoms with van der Waals surface area (Å²) in [5.74, 6) is -2.09. The summed E-state index contributed by atoms with van der Waals surface area (Å²) in [5, 5.41) is 0. The summed E-state index contributed by atoms with van der Waals surface area (Å²) in [7, 11) is 0. The summed E-state index contributed by atoms with van der Waals surface area (Å²) in [6, 6.07) is 7.92. The second-order valence-electron chi connectivity index (χ2n) is 4.78. The van der Waals surface area contributed by atoms with Crippen molar-refractivity contribution in [2.45, 2.75) is 32.1 Å². The number of hydrogen-bond donors (Lipinski definition) is 0. The molecule has 1 aliphatic rings. The van der Waals surface area contributed by atoms with Crippen molar-refractivity contribution < 1.29 is 8.78 Å². The van der Waals surface area contributed by atoms with Crippen LogP contribution in [0, 0.1) is 0 Å². The van der Waals surface area contributed by atoms with E-state index in [4.69, 9.17) is 0 Å². The Balaban J connectivity index is 2.19. The number of rotatable bonds is 2. The predicted octanol–water partition coefficient (Wildman–Crippen LogP) is 3.66. The Bertz CT molecular complexity index is 374. The standard InChI is InChI=1S/C13H17F2N/c1-10(2)11-4-3-5-12(8-11)16-7-6-13(14,15)9-16/h3-5,8,10H,6-7,9H2,1-2H3. The van der Waals surface area contributed by atoms with Gasteiger partial charge in [0.2, 0.25) is 0 Å². The summed E-state index contributed by atoms with van der Waals surface area (Å²) in [6.07, 6.45) is -0.0289. The van der Waals surface area contributed by atoms with E-state index in [2.05, 4.69) is 13.8 Å². The highest BCUT2D eigenvalue weighted by Crippen LogP contribution is 2.31. The largest absolute Gasteiger partial charge is 0.365 e. The lowest BCUT2D eigenvalue weighted by atomic mass is 10.0. The molecule has 0 amide bonds. The molecule has 0 bridgehead atoms. The first-order valence-electron chi connectivity index (χ1n) is 5.71. The average molecular weight is 225 g/mol. The molecular weight excluding hydrogens is 208 g/mol. The van der Waals surface area contributed by atoms with E-state index in [1.165, 1.54) is 5.56 Å². The van der Waals surface area contributed by atoms with Crippen molar-refractivity contribution in [2.75, 3.05) is 18.0 Å². The Morgan fingerprint density at radius 1 is 1.31 bits per heavy atom. The van der Waals surface area contributed by atoms with Crippen LogP contribution in [0.2, 0.25) is 0 Å². The molecule has 0 unspecified atom stereocenters. The van der Waals surface area contributed by atoms with Gasteiger partial charge >= 0.3 is 0 Å². The Morgan fingerprint density at radius 2 is 2.06 bits per heavy atom.